The zero-order valence-corrected chi connectivity index (χ0v) is 10.0. The topological polar surface area (TPSA) is 65.4 Å². The lowest BCUT2D eigenvalue weighted by atomic mass is 10.2. The van der Waals surface area contributed by atoms with E-state index in [-0.39, 0.29) is 11.6 Å². The van der Waals surface area contributed by atoms with Gasteiger partial charge in [0.15, 0.2) is 5.70 Å². The molecule has 1 saturated heterocycles. The minimum atomic E-state index is -0.316. The molecule has 0 radical (unpaired) electrons. The average Bonchev–Trinajstić information content (AvgIpc) is 2.83. The molecule has 1 aliphatic heterocycles. The van der Waals surface area contributed by atoms with Crippen LogP contribution in [-0.2, 0) is 4.74 Å². The highest BCUT2D eigenvalue weighted by atomic mass is 16.5. The van der Waals surface area contributed by atoms with Crippen molar-refractivity contribution in [3.63, 3.8) is 0 Å². The molecule has 0 aromatic heterocycles. The maximum absolute atomic E-state index is 11.9. The van der Waals surface area contributed by atoms with E-state index in [1.807, 2.05) is 19.2 Å². The smallest absolute Gasteiger partial charge is 0.256 e. The van der Waals surface area contributed by atoms with Crippen LogP contribution in [0.5, 0.6) is 0 Å². The van der Waals surface area contributed by atoms with Crippen molar-refractivity contribution in [3.8, 4) is 6.07 Å². The molecule has 18 heavy (non-hydrogen) atoms. The molecule has 5 heteroatoms. The van der Waals surface area contributed by atoms with E-state index in [0.29, 0.717) is 24.6 Å². The molecule has 1 aromatic rings. The summed E-state index contributed by atoms with van der Waals surface area (Å²) in [4.78, 5) is 13.7. The number of benzene rings is 1. The predicted octanol–water partition coefficient (Wildman–Crippen LogP) is 1.07. The summed E-state index contributed by atoms with van der Waals surface area (Å²) < 4.78 is 5.32. The summed E-state index contributed by atoms with van der Waals surface area (Å²) in [6.07, 6.45) is 0. The van der Waals surface area contributed by atoms with Gasteiger partial charge in [0, 0.05) is 12.6 Å². The Kier molecular flexibility index (Phi) is 3.49. The van der Waals surface area contributed by atoms with Crippen LogP contribution in [0.2, 0.25) is 0 Å². The van der Waals surface area contributed by atoms with Gasteiger partial charge in [-0.25, -0.2) is 0 Å². The molecular formula is C13H13N3O2. The van der Waals surface area contributed by atoms with Crippen molar-refractivity contribution in [3.05, 3.63) is 47.5 Å². The molecule has 5 nitrogen and oxygen atoms in total. The van der Waals surface area contributed by atoms with E-state index in [4.69, 9.17) is 10.00 Å². The molecule has 1 aromatic carbocycles. The monoisotopic (exact) mass is 243 g/mol. The highest BCUT2D eigenvalue weighted by Gasteiger charge is 2.21. The summed E-state index contributed by atoms with van der Waals surface area (Å²) in [5.41, 5.74) is 0.648. The normalized spacial score (nSPS) is 16.8. The van der Waals surface area contributed by atoms with Crippen molar-refractivity contribution in [1.82, 2.24) is 10.2 Å². The molecule has 2 rings (SSSR count). The Morgan fingerprint density at radius 1 is 1.44 bits per heavy atom. The highest BCUT2D eigenvalue weighted by molar-refractivity contribution is 5.95. The Morgan fingerprint density at radius 3 is 2.72 bits per heavy atom. The van der Waals surface area contributed by atoms with Crippen LogP contribution in [0.15, 0.2) is 41.9 Å². The number of ether oxygens (including phenoxy) is 1. The lowest BCUT2D eigenvalue weighted by molar-refractivity contribution is 0.0963. The number of nitriles is 1. The van der Waals surface area contributed by atoms with Crippen LogP contribution in [0.4, 0.5) is 0 Å². The molecule has 1 aliphatic rings. The van der Waals surface area contributed by atoms with Crippen molar-refractivity contribution in [1.29, 1.82) is 5.26 Å². The van der Waals surface area contributed by atoms with Gasteiger partial charge in [-0.2, -0.15) is 5.26 Å². The third kappa shape index (κ3) is 2.43. The molecule has 1 N–H and O–H groups in total. The van der Waals surface area contributed by atoms with Crippen LogP contribution in [-0.4, -0.2) is 31.0 Å². The standard InChI is InChI=1S/C13H13N3O2/c1-16-7-8-18-13(16)11(9-14)15-12(17)10-5-3-2-4-6-10/h2-6H,7-8H2,1H3,(H,15,17)/b13-11+. The first-order valence-electron chi connectivity index (χ1n) is 5.57. The second kappa shape index (κ2) is 5.23. The second-order valence-corrected chi connectivity index (χ2v) is 3.88. The van der Waals surface area contributed by atoms with Gasteiger partial charge in [-0.1, -0.05) is 18.2 Å². The first-order chi connectivity index (χ1) is 8.72. The number of allylic oxidation sites excluding steroid dienone is 1. The van der Waals surface area contributed by atoms with E-state index < -0.39 is 0 Å². The van der Waals surface area contributed by atoms with Crippen LogP contribution < -0.4 is 5.32 Å². The zero-order chi connectivity index (χ0) is 13.0. The third-order valence-corrected chi connectivity index (χ3v) is 2.61. The Labute approximate surface area is 105 Å². The second-order valence-electron chi connectivity index (χ2n) is 3.88. The summed E-state index contributed by atoms with van der Waals surface area (Å²) in [7, 11) is 1.81. The summed E-state index contributed by atoms with van der Waals surface area (Å²) >= 11 is 0. The van der Waals surface area contributed by atoms with Crippen LogP contribution in [0, 0.1) is 11.3 Å². The van der Waals surface area contributed by atoms with Crippen molar-refractivity contribution >= 4 is 5.91 Å². The van der Waals surface area contributed by atoms with Gasteiger partial charge >= 0.3 is 0 Å². The molecule has 0 atom stereocenters. The maximum atomic E-state index is 11.9. The van der Waals surface area contributed by atoms with Crippen LogP contribution in [0.25, 0.3) is 0 Å². The average molecular weight is 243 g/mol. The number of carbonyl (C=O) groups excluding carboxylic acids is 1. The van der Waals surface area contributed by atoms with Gasteiger partial charge in [0.1, 0.15) is 12.7 Å². The number of hydrogen-bond donors (Lipinski definition) is 1. The molecule has 0 spiro atoms. The van der Waals surface area contributed by atoms with Gasteiger partial charge in [0.05, 0.1) is 6.54 Å². The fourth-order valence-electron chi connectivity index (χ4n) is 1.66. The van der Waals surface area contributed by atoms with E-state index in [1.165, 1.54) is 0 Å². The fourth-order valence-corrected chi connectivity index (χ4v) is 1.66. The van der Waals surface area contributed by atoms with E-state index in [1.54, 1.807) is 29.2 Å². The van der Waals surface area contributed by atoms with Gasteiger partial charge in [0.2, 0.25) is 5.88 Å². The highest BCUT2D eigenvalue weighted by Crippen LogP contribution is 2.14. The molecule has 1 amide bonds. The maximum Gasteiger partial charge on any atom is 0.256 e. The largest absolute Gasteiger partial charge is 0.475 e. The van der Waals surface area contributed by atoms with E-state index in [9.17, 15) is 4.79 Å². The van der Waals surface area contributed by atoms with Gasteiger partial charge < -0.3 is 15.0 Å². The summed E-state index contributed by atoms with van der Waals surface area (Å²) in [6, 6.07) is 10.7. The number of nitrogens with one attached hydrogen (secondary N) is 1. The van der Waals surface area contributed by atoms with Crippen molar-refractivity contribution in [2.75, 3.05) is 20.2 Å². The Balaban J connectivity index is 2.18. The van der Waals surface area contributed by atoms with Gasteiger partial charge in [-0.05, 0) is 12.1 Å². The van der Waals surface area contributed by atoms with Crippen LogP contribution in [0.1, 0.15) is 10.4 Å². The third-order valence-electron chi connectivity index (χ3n) is 2.61. The first-order valence-corrected chi connectivity index (χ1v) is 5.57. The zero-order valence-electron chi connectivity index (χ0n) is 10.0. The van der Waals surface area contributed by atoms with Crippen molar-refractivity contribution in [2.24, 2.45) is 0 Å². The van der Waals surface area contributed by atoms with E-state index in [2.05, 4.69) is 5.32 Å². The predicted molar refractivity (Wildman–Crippen MR) is 65.1 cm³/mol. The molecule has 92 valence electrons. The van der Waals surface area contributed by atoms with Crippen molar-refractivity contribution in [2.45, 2.75) is 0 Å². The fraction of sp³-hybridized carbons (Fsp3) is 0.231. The number of likely N-dealkylation sites (N-methyl/N-ethyl adjacent to an activating group) is 1. The number of carbonyl (C=O) groups is 1. The van der Waals surface area contributed by atoms with Gasteiger partial charge in [-0.3, -0.25) is 4.79 Å². The van der Waals surface area contributed by atoms with Crippen LogP contribution in [0.3, 0.4) is 0 Å². The number of nitrogens with zero attached hydrogens (tertiary/aromatic N) is 2. The summed E-state index contributed by atoms with van der Waals surface area (Å²) in [5.74, 6) is 0.102. The minimum absolute atomic E-state index is 0.142. The SMILES string of the molecule is CN1CCO/C1=C(\C#N)NC(=O)c1ccccc1. The molecule has 1 heterocycles. The first kappa shape index (κ1) is 12.0. The summed E-state index contributed by atoms with van der Waals surface area (Å²) in [6.45, 7) is 1.24. The summed E-state index contributed by atoms with van der Waals surface area (Å²) in [5, 5.41) is 11.6. The minimum Gasteiger partial charge on any atom is -0.475 e. The van der Waals surface area contributed by atoms with E-state index >= 15 is 0 Å². The quantitative estimate of drug-likeness (QED) is 0.789. The Hall–Kier alpha value is -2.48. The molecule has 0 saturated carbocycles. The molecule has 0 bridgehead atoms. The Bertz CT molecular complexity index is 517. The number of hydrogen-bond acceptors (Lipinski definition) is 4. The van der Waals surface area contributed by atoms with Crippen LogP contribution >= 0.6 is 0 Å². The molecule has 1 fully saturated rings. The Morgan fingerprint density at radius 2 is 2.17 bits per heavy atom. The van der Waals surface area contributed by atoms with E-state index in [0.717, 1.165) is 0 Å². The van der Waals surface area contributed by atoms with Gasteiger partial charge in [0.25, 0.3) is 5.91 Å². The lowest BCUT2D eigenvalue weighted by Crippen LogP contribution is -2.26. The molecular weight excluding hydrogens is 230 g/mol. The number of amides is 1. The molecule has 0 aliphatic carbocycles. The molecule has 0 unspecified atom stereocenters. The van der Waals surface area contributed by atoms with Gasteiger partial charge in [-0.15, -0.1) is 0 Å². The number of rotatable bonds is 2. The van der Waals surface area contributed by atoms with Crippen molar-refractivity contribution < 1.29 is 9.53 Å². The lowest BCUT2D eigenvalue weighted by Gasteiger charge is -2.12.